The molecular formula is C18H17BrN2. The fourth-order valence-electron chi connectivity index (χ4n) is 2.76. The first-order chi connectivity index (χ1) is 10.0. The molecule has 0 radical (unpaired) electrons. The smallest absolute Gasteiger partial charge is 0.0759 e. The second kappa shape index (κ2) is 5.15. The molecule has 106 valence electrons. The molecule has 0 saturated carbocycles. The van der Waals surface area contributed by atoms with Gasteiger partial charge in [0.25, 0.3) is 0 Å². The number of hydrogen-bond acceptors (Lipinski definition) is 2. The van der Waals surface area contributed by atoms with Crippen molar-refractivity contribution in [3.8, 4) is 11.3 Å². The van der Waals surface area contributed by atoms with Gasteiger partial charge in [-0.3, -0.25) is 0 Å². The van der Waals surface area contributed by atoms with Gasteiger partial charge in [-0.25, -0.2) is 4.98 Å². The van der Waals surface area contributed by atoms with Gasteiger partial charge in [-0.1, -0.05) is 46.3 Å². The van der Waals surface area contributed by atoms with Crippen LogP contribution in [-0.2, 0) is 0 Å². The van der Waals surface area contributed by atoms with Gasteiger partial charge in [0.05, 0.1) is 11.2 Å². The molecule has 3 rings (SSSR count). The van der Waals surface area contributed by atoms with Crippen molar-refractivity contribution in [3.63, 3.8) is 0 Å². The third-order valence-corrected chi connectivity index (χ3v) is 5.19. The molecule has 0 unspecified atom stereocenters. The molecule has 3 aromatic rings. The van der Waals surface area contributed by atoms with E-state index in [1.807, 2.05) is 25.1 Å². The SMILES string of the molecule is Cc1cc2nc(-c3ccccc3)c(C)c(N)c2c(C)c1Br. The maximum atomic E-state index is 6.42. The van der Waals surface area contributed by atoms with Crippen molar-refractivity contribution in [2.45, 2.75) is 20.8 Å². The molecule has 1 aromatic heterocycles. The van der Waals surface area contributed by atoms with Crippen LogP contribution in [0.4, 0.5) is 5.69 Å². The first kappa shape index (κ1) is 14.1. The number of hydrogen-bond donors (Lipinski definition) is 1. The Labute approximate surface area is 133 Å². The standard InChI is InChI=1S/C18H17BrN2/c1-10-9-14-15(11(2)16(10)19)17(20)12(3)18(21-14)13-7-5-4-6-8-13/h4-9H,1-3H3,(H2,20,21). The number of halogens is 1. The predicted molar refractivity (Wildman–Crippen MR) is 93.5 cm³/mol. The molecule has 2 aromatic carbocycles. The van der Waals surface area contributed by atoms with E-state index in [0.717, 1.165) is 43.4 Å². The number of nitrogens with zero attached hydrogens (tertiary/aromatic N) is 1. The highest BCUT2D eigenvalue weighted by molar-refractivity contribution is 9.10. The zero-order valence-electron chi connectivity index (χ0n) is 12.4. The van der Waals surface area contributed by atoms with Crippen molar-refractivity contribution in [1.82, 2.24) is 4.98 Å². The molecular weight excluding hydrogens is 324 g/mol. The van der Waals surface area contributed by atoms with Crippen LogP contribution < -0.4 is 5.73 Å². The first-order valence-corrected chi connectivity index (χ1v) is 7.71. The van der Waals surface area contributed by atoms with Gasteiger partial charge in [0.15, 0.2) is 0 Å². The summed E-state index contributed by atoms with van der Waals surface area (Å²) in [7, 11) is 0. The number of nitrogen functional groups attached to an aromatic ring is 1. The minimum atomic E-state index is 0.817. The lowest BCUT2D eigenvalue weighted by molar-refractivity contribution is 1.30. The fraction of sp³-hybridized carbons (Fsp3) is 0.167. The van der Waals surface area contributed by atoms with Crippen LogP contribution in [0.2, 0.25) is 0 Å². The van der Waals surface area contributed by atoms with Crippen molar-refractivity contribution < 1.29 is 0 Å². The number of rotatable bonds is 1. The molecule has 1 heterocycles. The molecule has 2 nitrogen and oxygen atoms in total. The maximum Gasteiger partial charge on any atom is 0.0759 e. The van der Waals surface area contributed by atoms with Crippen molar-refractivity contribution in [2.75, 3.05) is 5.73 Å². The van der Waals surface area contributed by atoms with Crippen LogP contribution in [0, 0.1) is 20.8 Å². The largest absolute Gasteiger partial charge is 0.398 e. The zero-order valence-corrected chi connectivity index (χ0v) is 14.0. The quantitative estimate of drug-likeness (QED) is 0.663. The highest BCUT2D eigenvalue weighted by atomic mass is 79.9. The summed E-state index contributed by atoms with van der Waals surface area (Å²) < 4.78 is 1.11. The topological polar surface area (TPSA) is 38.9 Å². The fourth-order valence-corrected chi connectivity index (χ4v) is 3.08. The molecule has 21 heavy (non-hydrogen) atoms. The molecule has 0 saturated heterocycles. The summed E-state index contributed by atoms with van der Waals surface area (Å²) in [4.78, 5) is 4.87. The van der Waals surface area contributed by atoms with Gasteiger partial charge in [0.2, 0.25) is 0 Å². The second-order valence-electron chi connectivity index (χ2n) is 5.39. The van der Waals surface area contributed by atoms with E-state index < -0.39 is 0 Å². The van der Waals surface area contributed by atoms with Crippen LogP contribution in [0.1, 0.15) is 16.7 Å². The number of anilines is 1. The van der Waals surface area contributed by atoms with Gasteiger partial charge in [0.1, 0.15) is 0 Å². The van der Waals surface area contributed by atoms with E-state index in [1.165, 1.54) is 5.56 Å². The highest BCUT2D eigenvalue weighted by Gasteiger charge is 2.15. The average molecular weight is 341 g/mol. The van der Waals surface area contributed by atoms with Gasteiger partial charge < -0.3 is 5.73 Å². The Morgan fingerprint density at radius 1 is 1.00 bits per heavy atom. The summed E-state index contributed by atoms with van der Waals surface area (Å²) in [5.41, 5.74) is 13.6. The number of fused-ring (bicyclic) bond motifs is 1. The van der Waals surface area contributed by atoms with Crippen LogP contribution in [0.25, 0.3) is 22.2 Å². The molecule has 0 aliphatic rings. The van der Waals surface area contributed by atoms with E-state index in [0.29, 0.717) is 0 Å². The normalized spacial score (nSPS) is 11.0. The van der Waals surface area contributed by atoms with E-state index in [-0.39, 0.29) is 0 Å². The van der Waals surface area contributed by atoms with Crippen molar-refractivity contribution in [2.24, 2.45) is 0 Å². The van der Waals surface area contributed by atoms with E-state index in [1.54, 1.807) is 0 Å². The van der Waals surface area contributed by atoms with Crippen molar-refractivity contribution in [1.29, 1.82) is 0 Å². The van der Waals surface area contributed by atoms with E-state index in [4.69, 9.17) is 10.7 Å². The van der Waals surface area contributed by atoms with Crippen LogP contribution >= 0.6 is 15.9 Å². The van der Waals surface area contributed by atoms with Crippen LogP contribution in [0.3, 0.4) is 0 Å². The minimum absolute atomic E-state index is 0.817. The molecule has 0 fully saturated rings. The number of pyridine rings is 1. The third-order valence-electron chi connectivity index (χ3n) is 3.97. The summed E-state index contributed by atoms with van der Waals surface area (Å²) in [6.07, 6.45) is 0. The molecule has 3 heteroatoms. The van der Waals surface area contributed by atoms with Gasteiger partial charge >= 0.3 is 0 Å². The maximum absolute atomic E-state index is 6.42. The number of nitrogens with two attached hydrogens (primary N) is 1. The van der Waals surface area contributed by atoms with Gasteiger partial charge in [-0.05, 0) is 43.5 Å². The monoisotopic (exact) mass is 340 g/mol. The van der Waals surface area contributed by atoms with Crippen molar-refractivity contribution in [3.05, 3.63) is 57.6 Å². The minimum Gasteiger partial charge on any atom is -0.398 e. The van der Waals surface area contributed by atoms with Gasteiger partial charge in [-0.15, -0.1) is 0 Å². The number of aromatic nitrogens is 1. The molecule has 0 bridgehead atoms. The molecule has 0 aliphatic carbocycles. The molecule has 0 amide bonds. The Balaban J connectivity index is 2.41. The van der Waals surface area contributed by atoms with Crippen LogP contribution in [0.5, 0.6) is 0 Å². The lowest BCUT2D eigenvalue weighted by atomic mass is 9.98. The second-order valence-corrected chi connectivity index (χ2v) is 6.18. The Morgan fingerprint density at radius 3 is 2.33 bits per heavy atom. The van der Waals surface area contributed by atoms with Crippen molar-refractivity contribution >= 4 is 32.5 Å². The van der Waals surface area contributed by atoms with E-state index >= 15 is 0 Å². The summed E-state index contributed by atoms with van der Waals surface area (Å²) in [6, 6.07) is 12.3. The Morgan fingerprint density at radius 2 is 1.67 bits per heavy atom. The number of aryl methyl sites for hydroxylation is 2. The zero-order chi connectivity index (χ0) is 15.1. The summed E-state index contributed by atoms with van der Waals surface area (Å²) in [6.45, 7) is 6.20. The first-order valence-electron chi connectivity index (χ1n) is 6.91. The third kappa shape index (κ3) is 2.22. The van der Waals surface area contributed by atoms with Crippen LogP contribution in [0.15, 0.2) is 40.9 Å². The average Bonchev–Trinajstić information content (AvgIpc) is 2.49. The summed E-state index contributed by atoms with van der Waals surface area (Å²) in [5.74, 6) is 0. The highest BCUT2D eigenvalue weighted by Crippen LogP contribution is 2.36. The van der Waals surface area contributed by atoms with Gasteiger partial charge in [-0.2, -0.15) is 0 Å². The van der Waals surface area contributed by atoms with E-state index in [9.17, 15) is 0 Å². The molecule has 0 spiro atoms. The molecule has 2 N–H and O–H groups in total. The molecule has 0 aliphatic heterocycles. The Bertz CT molecular complexity index is 839. The molecule has 0 atom stereocenters. The number of benzene rings is 2. The Hall–Kier alpha value is -1.87. The van der Waals surface area contributed by atoms with Gasteiger partial charge in [0, 0.05) is 21.1 Å². The summed E-state index contributed by atoms with van der Waals surface area (Å²) >= 11 is 3.64. The lowest BCUT2D eigenvalue weighted by Crippen LogP contribution is -2.00. The summed E-state index contributed by atoms with van der Waals surface area (Å²) in [5, 5.41) is 1.05. The van der Waals surface area contributed by atoms with E-state index in [2.05, 4.69) is 48.0 Å². The van der Waals surface area contributed by atoms with Crippen LogP contribution in [-0.4, -0.2) is 4.98 Å². The predicted octanol–water partition coefficient (Wildman–Crippen LogP) is 5.17. The Kier molecular flexibility index (Phi) is 3.46. The lowest BCUT2D eigenvalue weighted by Gasteiger charge is -2.15.